The molecule has 0 radical (unpaired) electrons. The largest absolute Gasteiger partial charge is 0.367 e. The number of rotatable bonds is 5. The van der Waals surface area contributed by atoms with E-state index in [1.807, 2.05) is 37.5 Å². The van der Waals surface area contributed by atoms with E-state index in [4.69, 9.17) is 22.0 Å². The third-order valence-corrected chi connectivity index (χ3v) is 6.68. The number of nitrogens with one attached hydrogen (secondary N) is 1. The molecule has 33 heavy (non-hydrogen) atoms. The quantitative estimate of drug-likeness (QED) is 0.390. The first kappa shape index (κ1) is 21.5. The lowest BCUT2D eigenvalue weighted by Crippen LogP contribution is -2.17. The highest BCUT2D eigenvalue weighted by molar-refractivity contribution is 6.35. The molecule has 2 aromatic heterocycles. The van der Waals surface area contributed by atoms with Crippen LogP contribution in [-0.4, -0.2) is 26.1 Å². The second kappa shape index (κ2) is 8.87. The van der Waals surface area contributed by atoms with Crippen molar-refractivity contribution < 1.29 is 4.39 Å². The molecule has 4 aromatic rings. The fourth-order valence-corrected chi connectivity index (χ4v) is 4.90. The molecule has 1 fully saturated rings. The van der Waals surface area contributed by atoms with Gasteiger partial charge in [0, 0.05) is 30.7 Å². The number of nitriles is 1. The van der Waals surface area contributed by atoms with Gasteiger partial charge >= 0.3 is 0 Å². The number of aryl methyl sites for hydroxylation is 1. The molecule has 0 aliphatic heterocycles. The van der Waals surface area contributed by atoms with Gasteiger partial charge in [0.1, 0.15) is 16.9 Å². The molecule has 168 valence electrons. The Hall–Kier alpha value is -3.37. The summed E-state index contributed by atoms with van der Waals surface area (Å²) in [5.74, 6) is 0.592. The summed E-state index contributed by atoms with van der Waals surface area (Å²) in [5, 5.41) is 23.2. The van der Waals surface area contributed by atoms with Gasteiger partial charge in [-0.3, -0.25) is 4.68 Å². The first-order valence-corrected chi connectivity index (χ1v) is 11.6. The van der Waals surface area contributed by atoms with Gasteiger partial charge in [0.25, 0.3) is 0 Å². The van der Waals surface area contributed by atoms with Crippen LogP contribution in [0.2, 0.25) is 5.02 Å². The summed E-state index contributed by atoms with van der Waals surface area (Å²) in [5.41, 5.74) is 2.80. The van der Waals surface area contributed by atoms with E-state index in [0.29, 0.717) is 28.0 Å². The highest BCUT2D eigenvalue weighted by Gasteiger charge is 2.22. The van der Waals surface area contributed by atoms with Gasteiger partial charge in [-0.1, -0.05) is 36.9 Å². The molecular formula is C25H24ClFN6. The van der Waals surface area contributed by atoms with E-state index in [0.717, 1.165) is 23.1 Å². The predicted molar refractivity (Wildman–Crippen MR) is 128 cm³/mol. The van der Waals surface area contributed by atoms with Crippen molar-refractivity contribution in [1.82, 2.24) is 19.6 Å². The average Bonchev–Trinajstić information content (AvgIpc) is 3.36. The number of hydrogen-bond donors (Lipinski definition) is 1. The molecule has 1 saturated carbocycles. The van der Waals surface area contributed by atoms with Crippen LogP contribution >= 0.6 is 11.6 Å². The zero-order chi connectivity index (χ0) is 22.9. The van der Waals surface area contributed by atoms with Gasteiger partial charge < -0.3 is 5.32 Å². The Bertz CT molecular complexity index is 1360. The second-order valence-electron chi connectivity index (χ2n) is 8.66. The van der Waals surface area contributed by atoms with Crippen molar-refractivity contribution in [2.45, 2.75) is 32.1 Å². The van der Waals surface area contributed by atoms with Gasteiger partial charge in [0.05, 0.1) is 22.5 Å². The van der Waals surface area contributed by atoms with Gasteiger partial charge in [0.15, 0.2) is 5.82 Å². The standard InChI is InChI=1S/C25H24ClFN6/c1-32-15-19-11-20(9-10-22(19)30-32)33-24(17-7-8-18(13-28)21(27)12-17)23(26)25(31-33)29-14-16-5-3-2-4-6-16/h7-12,15-16H,2-6,14H2,1H3,(H,29,31). The van der Waals surface area contributed by atoms with Gasteiger partial charge in [-0.2, -0.15) is 10.4 Å². The van der Waals surface area contributed by atoms with Crippen LogP contribution in [-0.2, 0) is 7.05 Å². The molecule has 2 heterocycles. The lowest BCUT2D eigenvalue weighted by molar-refractivity contribution is 0.373. The van der Waals surface area contributed by atoms with E-state index < -0.39 is 5.82 Å². The van der Waals surface area contributed by atoms with Crippen LogP contribution < -0.4 is 5.32 Å². The van der Waals surface area contributed by atoms with Crippen molar-refractivity contribution in [3.63, 3.8) is 0 Å². The maximum absolute atomic E-state index is 14.5. The molecule has 1 aliphatic rings. The fraction of sp³-hybridized carbons (Fsp3) is 0.320. The third-order valence-electron chi connectivity index (χ3n) is 6.32. The average molecular weight is 463 g/mol. The maximum Gasteiger partial charge on any atom is 0.168 e. The van der Waals surface area contributed by atoms with Crippen molar-refractivity contribution in [3.8, 4) is 23.0 Å². The molecule has 1 aliphatic carbocycles. The number of anilines is 1. The van der Waals surface area contributed by atoms with Crippen LogP contribution in [0, 0.1) is 23.1 Å². The summed E-state index contributed by atoms with van der Waals surface area (Å²) < 4.78 is 18.0. The van der Waals surface area contributed by atoms with Crippen LogP contribution in [0.1, 0.15) is 37.7 Å². The molecule has 0 atom stereocenters. The minimum absolute atomic E-state index is 0.00614. The predicted octanol–water partition coefficient (Wildman–Crippen LogP) is 6.08. The Morgan fingerprint density at radius 1 is 1.15 bits per heavy atom. The topological polar surface area (TPSA) is 71.5 Å². The van der Waals surface area contributed by atoms with Crippen molar-refractivity contribution >= 4 is 28.3 Å². The molecular weight excluding hydrogens is 439 g/mol. The van der Waals surface area contributed by atoms with E-state index in [-0.39, 0.29) is 5.56 Å². The number of fused-ring (bicyclic) bond motifs is 1. The van der Waals surface area contributed by atoms with Crippen LogP contribution in [0.4, 0.5) is 10.2 Å². The van der Waals surface area contributed by atoms with E-state index in [1.165, 1.54) is 44.2 Å². The molecule has 2 aromatic carbocycles. The lowest BCUT2D eigenvalue weighted by atomic mass is 9.89. The molecule has 1 N–H and O–H groups in total. The monoisotopic (exact) mass is 462 g/mol. The van der Waals surface area contributed by atoms with Gasteiger partial charge in [-0.25, -0.2) is 9.07 Å². The van der Waals surface area contributed by atoms with E-state index in [2.05, 4.69) is 10.4 Å². The van der Waals surface area contributed by atoms with Crippen LogP contribution in [0.25, 0.3) is 27.8 Å². The summed E-state index contributed by atoms with van der Waals surface area (Å²) in [6, 6.07) is 12.2. The number of halogens is 2. The van der Waals surface area contributed by atoms with E-state index in [1.54, 1.807) is 15.4 Å². The zero-order valence-corrected chi connectivity index (χ0v) is 19.1. The van der Waals surface area contributed by atoms with Crippen LogP contribution in [0.15, 0.2) is 42.6 Å². The molecule has 0 spiro atoms. The van der Waals surface area contributed by atoms with Crippen molar-refractivity contribution in [2.75, 3.05) is 11.9 Å². The summed E-state index contributed by atoms with van der Waals surface area (Å²) in [6.45, 7) is 0.805. The minimum Gasteiger partial charge on any atom is -0.367 e. The Morgan fingerprint density at radius 2 is 1.97 bits per heavy atom. The first-order chi connectivity index (χ1) is 16.0. The van der Waals surface area contributed by atoms with Gasteiger partial charge in [0.2, 0.25) is 0 Å². The van der Waals surface area contributed by atoms with Gasteiger partial charge in [-0.05, 0) is 49.1 Å². The first-order valence-electron chi connectivity index (χ1n) is 11.2. The number of hydrogen-bond acceptors (Lipinski definition) is 4. The number of benzene rings is 2. The molecule has 0 amide bonds. The Balaban J connectivity index is 1.59. The van der Waals surface area contributed by atoms with Gasteiger partial charge in [-0.15, -0.1) is 5.10 Å². The highest BCUT2D eigenvalue weighted by atomic mass is 35.5. The SMILES string of the molecule is Cn1cc2cc(-n3nc(NCC4CCCCC4)c(Cl)c3-c3ccc(C#N)c(F)c3)ccc2n1. The number of aromatic nitrogens is 4. The second-order valence-corrected chi connectivity index (χ2v) is 9.04. The summed E-state index contributed by atoms with van der Waals surface area (Å²) in [7, 11) is 1.88. The van der Waals surface area contributed by atoms with Crippen LogP contribution in [0.5, 0.6) is 0 Å². The number of nitrogens with zero attached hydrogens (tertiary/aromatic N) is 5. The maximum atomic E-state index is 14.5. The molecule has 5 rings (SSSR count). The third kappa shape index (κ3) is 4.19. The van der Waals surface area contributed by atoms with E-state index in [9.17, 15) is 4.39 Å². The molecule has 6 nitrogen and oxygen atoms in total. The molecule has 0 bridgehead atoms. The van der Waals surface area contributed by atoms with Crippen molar-refractivity contribution in [1.29, 1.82) is 5.26 Å². The summed E-state index contributed by atoms with van der Waals surface area (Å²) in [4.78, 5) is 0. The highest BCUT2D eigenvalue weighted by Crippen LogP contribution is 2.37. The van der Waals surface area contributed by atoms with E-state index >= 15 is 0 Å². The molecule has 8 heteroatoms. The smallest absolute Gasteiger partial charge is 0.168 e. The Kier molecular flexibility index (Phi) is 5.77. The summed E-state index contributed by atoms with van der Waals surface area (Å²) in [6.07, 6.45) is 8.17. The molecule has 0 saturated heterocycles. The zero-order valence-electron chi connectivity index (χ0n) is 18.4. The fourth-order valence-electron chi connectivity index (χ4n) is 4.60. The van der Waals surface area contributed by atoms with Crippen LogP contribution in [0.3, 0.4) is 0 Å². The Morgan fingerprint density at radius 3 is 2.73 bits per heavy atom. The normalized spacial score (nSPS) is 14.5. The lowest BCUT2D eigenvalue weighted by Gasteiger charge is -2.21. The minimum atomic E-state index is -0.585. The Labute approximate surface area is 196 Å². The van der Waals surface area contributed by atoms with Crippen molar-refractivity contribution in [3.05, 3.63) is 59.0 Å². The summed E-state index contributed by atoms with van der Waals surface area (Å²) >= 11 is 6.83. The molecule has 0 unspecified atom stereocenters. The van der Waals surface area contributed by atoms with Crippen molar-refractivity contribution in [2.24, 2.45) is 13.0 Å².